The third kappa shape index (κ3) is 2.46. The van der Waals surface area contributed by atoms with Gasteiger partial charge in [-0.05, 0) is 18.8 Å². The molecule has 0 aromatic heterocycles. The van der Waals surface area contributed by atoms with Gasteiger partial charge in [0.25, 0.3) is 0 Å². The van der Waals surface area contributed by atoms with Gasteiger partial charge in [0.15, 0.2) is 0 Å². The Bertz CT molecular complexity index is 161. The average molecular weight is 172 g/mol. The van der Waals surface area contributed by atoms with Crippen LogP contribution in [0.2, 0.25) is 0 Å². The van der Waals surface area contributed by atoms with Gasteiger partial charge < -0.3 is 5.11 Å². The van der Waals surface area contributed by atoms with Crippen LogP contribution in [0.4, 0.5) is 0 Å². The molecule has 0 aromatic rings. The number of amides is 1. The second kappa shape index (κ2) is 4.42. The minimum Gasteiger partial charge on any atom is -0.393 e. The highest BCUT2D eigenvalue weighted by Crippen LogP contribution is 2.26. The molecule has 1 fully saturated rings. The maximum absolute atomic E-state index is 10.9. The molecule has 1 amide bonds. The molecular weight excluding hydrogens is 156 g/mol. The monoisotopic (exact) mass is 172 g/mol. The van der Waals surface area contributed by atoms with Crippen LogP contribution < -0.4 is 11.3 Å². The fourth-order valence-electron chi connectivity index (χ4n) is 1.72. The van der Waals surface area contributed by atoms with Gasteiger partial charge in [0.1, 0.15) is 0 Å². The lowest BCUT2D eigenvalue weighted by Gasteiger charge is -2.26. The first-order chi connectivity index (χ1) is 5.74. The van der Waals surface area contributed by atoms with Gasteiger partial charge in [-0.25, -0.2) is 5.84 Å². The summed E-state index contributed by atoms with van der Waals surface area (Å²) in [6.45, 7) is 0. The minimum absolute atomic E-state index is 0.113. The van der Waals surface area contributed by atoms with Crippen LogP contribution in [0.25, 0.3) is 0 Å². The molecule has 4 N–H and O–H groups in total. The molecule has 1 aliphatic rings. The second-order valence-electron chi connectivity index (χ2n) is 3.38. The van der Waals surface area contributed by atoms with Gasteiger partial charge in [-0.1, -0.05) is 12.8 Å². The summed E-state index contributed by atoms with van der Waals surface area (Å²) in [7, 11) is 0. The van der Waals surface area contributed by atoms with Crippen LogP contribution in [-0.4, -0.2) is 17.1 Å². The third-order valence-corrected chi connectivity index (χ3v) is 2.48. The number of carbonyl (C=O) groups is 1. The zero-order valence-electron chi connectivity index (χ0n) is 7.12. The summed E-state index contributed by atoms with van der Waals surface area (Å²) >= 11 is 0. The molecule has 4 heteroatoms. The molecule has 4 nitrogen and oxygen atoms in total. The molecule has 0 unspecified atom stereocenters. The van der Waals surface area contributed by atoms with Crippen molar-refractivity contribution in [2.75, 3.05) is 0 Å². The molecule has 0 aromatic carbocycles. The van der Waals surface area contributed by atoms with E-state index in [1.165, 1.54) is 0 Å². The van der Waals surface area contributed by atoms with E-state index in [4.69, 9.17) is 5.84 Å². The Balaban J connectivity index is 2.33. The average Bonchev–Trinajstić information content (AvgIpc) is 2.09. The molecular formula is C8H16N2O2. The number of hydrogen-bond acceptors (Lipinski definition) is 3. The lowest BCUT2D eigenvalue weighted by atomic mass is 9.84. The fourth-order valence-corrected chi connectivity index (χ4v) is 1.72. The van der Waals surface area contributed by atoms with Crippen LogP contribution in [0.15, 0.2) is 0 Å². The van der Waals surface area contributed by atoms with Crippen LogP contribution in [0.1, 0.15) is 32.1 Å². The highest BCUT2D eigenvalue weighted by atomic mass is 16.3. The number of aliphatic hydroxyl groups excluding tert-OH is 1. The standard InChI is InChI=1S/C8H16N2O2/c9-10-8(12)5-6-3-1-2-4-7(6)11/h6-7,11H,1-5,9H2,(H,10,12)/t6-,7+/m1/s1. The highest BCUT2D eigenvalue weighted by molar-refractivity contribution is 5.75. The predicted octanol–water partition coefficient (Wildman–Crippen LogP) is -0.0825. The Hall–Kier alpha value is -0.610. The van der Waals surface area contributed by atoms with Crippen LogP contribution in [0.5, 0.6) is 0 Å². The maximum atomic E-state index is 10.9. The number of hydrazine groups is 1. The van der Waals surface area contributed by atoms with Gasteiger partial charge in [-0.15, -0.1) is 0 Å². The number of nitrogens with one attached hydrogen (secondary N) is 1. The minimum atomic E-state index is -0.309. The number of nitrogens with two attached hydrogens (primary N) is 1. The molecule has 12 heavy (non-hydrogen) atoms. The molecule has 1 rings (SSSR count). The smallest absolute Gasteiger partial charge is 0.234 e. The summed E-state index contributed by atoms with van der Waals surface area (Å²) in [4.78, 5) is 10.9. The Morgan fingerprint density at radius 3 is 2.75 bits per heavy atom. The quantitative estimate of drug-likeness (QED) is 0.310. The van der Waals surface area contributed by atoms with E-state index in [1.807, 2.05) is 0 Å². The Kier molecular flexibility index (Phi) is 3.49. The van der Waals surface area contributed by atoms with E-state index in [0.29, 0.717) is 6.42 Å². The number of aliphatic hydroxyl groups is 1. The van der Waals surface area contributed by atoms with Crippen molar-refractivity contribution in [3.8, 4) is 0 Å². The van der Waals surface area contributed by atoms with Gasteiger partial charge in [0.05, 0.1) is 6.10 Å². The first-order valence-corrected chi connectivity index (χ1v) is 4.41. The Morgan fingerprint density at radius 2 is 2.17 bits per heavy atom. The van der Waals surface area contributed by atoms with Crippen molar-refractivity contribution in [2.45, 2.75) is 38.2 Å². The van der Waals surface area contributed by atoms with Crippen molar-refractivity contribution >= 4 is 5.91 Å². The topological polar surface area (TPSA) is 75.3 Å². The lowest BCUT2D eigenvalue weighted by Crippen LogP contribution is -2.35. The highest BCUT2D eigenvalue weighted by Gasteiger charge is 2.24. The fraction of sp³-hybridized carbons (Fsp3) is 0.875. The first-order valence-electron chi connectivity index (χ1n) is 4.41. The van der Waals surface area contributed by atoms with Gasteiger partial charge in [-0.3, -0.25) is 10.2 Å². The van der Waals surface area contributed by atoms with Crippen molar-refractivity contribution in [3.63, 3.8) is 0 Å². The van der Waals surface area contributed by atoms with Crippen molar-refractivity contribution in [1.82, 2.24) is 5.43 Å². The Morgan fingerprint density at radius 1 is 1.50 bits per heavy atom. The maximum Gasteiger partial charge on any atom is 0.234 e. The van der Waals surface area contributed by atoms with Gasteiger partial charge in [0, 0.05) is 6.42 Å². The van der Waals surface area contributed by atoms with E-state index in [9.17, 15) is 9.90 Å². The van der Waals surface area contributed by atoms with Crippen LogP contribution in [0, 0.1) is 5.92 Å². The summed E-state index contributed by atoms with van der Waals surface area (Å²) in [6.07, 6.45) is 3.99. The van der Waals surface area contributed by atoms with Crippen LogP contribution in [-0.2, 0) is 4.79 Å². The van der Waals surface area contributed by atoms with Crippen LogP contribution in [0.3, 0.4) is 0 Å². The molecule has 70 valence electrons. The van der Waals surface area contributed by atoms with Crippen molar-refractivity contribution in [3.05, 3.63) is 0 Å². The molecule has 0 heterocycles. The molecule has 1 aliphatic carbocycles. The summed E-state index contributed by atoms with van der Waals surface area (Å²) < 4.78 is 0. The third-order valence-electron chi connectivity index (χ3n) is 2.48. The number of hydrogen-bond donors (Lipinski definition) is 3. The molecule has 0 radical (unpaired) electrons. The van der Waals surface area contributed by atoms with Gasteiger partial charge in [-0.2, -0.15) is 0 Å². The lowest BCUT2D eigenvalue weighted by molar-refractivity contribution is -0.123. The first kappa shape index (κ1) is 9.48. The van der Waals surface area contributed by atoms with Crippen molar-refractivity contribution < 1.29 is 9.90 Å². The van der Waals surface area contributed by atoms with E-state index in [2.05, 4.69) is 5.43 Å². The zero-order chi connectivity index (χ0) is 8.97. The molecule has 0 spiro atoms. The van der Waals surface area contributed by atoms with E-state index in [1.54, 1.807) is 0 Å². The van der Waals surface area contributed by atoms with Gasteiger partial charge in [0.2, 0.25) is 5.91 Å². The molecule has 0 aliphatic heterocycles. The largest absolute Gasteiger partial charge is 0.393 e. The SMILES string of the molecule is NNC(=O)C[C@H]1CCCC[C@@H]1O. The van der Waals surface area contributed by atoms with E-state index < -0.39 is 0 Å². The number of carbonyl (C=O) groups excluding carboxylic acids is 1. The Labute approximate surface area is 72.1 Å². The summed E-state index contributed by atoms with van der Waals surface area (Å²) in [5.74, 6) is 4.89. The summed E-state index contributed by atoms with van der Waals surface area (Å²) in [5.41, 5.74) is 2.08. The molecule has 0 bridgehead atoms. The van der Waals surface area contributed by atoms with Crippen molar-refractivity contribution in [1.29, 1.82) is 0 Å². The van der Waals surface area contributed by atoms with Gasteiger partial charge >= 0.3 is 0 Å². The predicted molar refractivity (Wildman–Crippen MR) is 44.9 cm³/mol. The normalized spacial score (nSPS) is 29.8. The molecule has 1 saturated carbocycles. The summed E-state index contributed by atoms with van der Waals surface area (Å²) in [5, 5.41) is 9.49. The van der Waals surface area contributed by atoms with E-state index in [-0.39, 0.29) is 17.9 Å². The summed E-state index contributed by atoms with van der Waals surface area (Å²) in [6, 6.07) is 0. The zero-order valence-corrected chi connectivity index (χ0v) is 7.12. The molecule has 0 saturated heterocycles. The number of rotatable bonds is 2. The van der Waals surface area contributed by atoms with Crippen molar-refractivity contribution in [2.24, 2.45) is 11.8 Å². The van der Waals surface area contributed by atoms with Crippen LogP contribution >= 0.6 is 0 Å². The van der Waals surface area contributed by atoms with E-state index in [0.717, 1.165) is 25.7 Å². The van der Waals surface area contributed by atoms with E-state index >= 15 is 0 Å². The molecule has 2 atom stereocenters. The second-order valence-corrected chi connectivity index (χ2v) is 3.38.